The van der Waals surface area contributed by atoms with E-state index < -0.39 is 0 Å². The highest BCUT2D eigenvalue weighted by Gasteiger charge is 2.11. The van der Waals surface area contributed by atoms with E-state index in [1.54, 1.807) is 24.3 Å². The Hall–Kier alpha value is -2.95. The minimum Gasteiger partial charge on any atom is -0.493 e. The van der Waals surface area contributed by atoms with Gasteiger partial charge in [0.05, 0.1) is 7.11 Å². The molecule has 23 heavy (non-hydrogen) atoms. The Morgan fingerprint density at radius 2 is 1.87 bits per heavy atom. The predicted molar refractivity (Wildman–Crippen MR) is 88.0 cm³/mol. The average Bonchev–Trinajstić information content (AvgIpc) is 2.59. The number of allylic oxidation sites excluding steroid dienone is 1. The Balaban J connectivity index is 2.37. The summed E-state index contributed by atoms with van der Waals surface area (Å²) in [5.41, 5.74) is 1.41. The topological polar surface area (TPSA) is 66.0 Å². The molecule has 0 bridgehead atoms. The number of para-hydroxylation sites is 1. The molecule has 0 aliphatic rings. The van der Waals surface area contributed by atoms with Gasteiger partial charge in [0.25, 0.3) is 0 Å². The van der Waals surface area contributed by atoms with Crippen molar-refractivity contribution in [3.63, 3.8) is 0 Å². The fourth-order valence-corrected chi connectivity index (χ4v) is 2.16. The van der Waals surface area contributed by atoms with Crippen molar-refractivity contribution >= 4 is 17.7 Å². The molecule has 0 saturated carbocycles. The molecule has 0 radical (unpaired) electrons. The highest BCUT2D eigenvalue weighted by atomic mass is 35.5. The summed E-state index contributed by atoms with van der Waals surface area (Å²) < 4.78 is 11.1. The summed E-state index contributed by atoms with van der Waals surface area (Å²) in [6.07, 6.45) is 1.46. The Bertz CT molecular complexity index is 801. The van der Waals surface area contributed by atoms with Crippen LogP contribution < -0.4 is 9.47 Å². The molecule has 0 aliphatic heterocycles. The van der Waals surface area contributed by atoms with Gasteiger partial charge in [-0.25, -0.2) is 0 Å². The minimum absolute atomic E-state index is 0.0131. The molecule has 0 spiro atoms. The van der Waals surface area contributed by atoms with Crippen molar-refractivity contribution in [2.45, 2.75) is 6.61 Å². The Labute approximate surface area is 139 Å². The van der Waals surface area contributed by atoms with Crippen molar-refractivity contribution in [2.24, 2.45) is 0 Å². The lowest BCUT2D eigenvalue weighted by molar-refractivity contribution is 0.284. The van der Waals surface area contributed by atoms with Crippen LogP contribution in [0.1, 0.15) is 11.1 Å². The number of hydrogen-bond acceptors (Lipinski definition) is 4. The van der Waals surface area contributed by atoms with Gasteiger partial charge in [0, 0.05) is 16.1 Å². The van der Waals surface area contributed by atoms with Crippen LogP contribution in [0.2, 0.25) is 5.02 Å². The molecule has 5 heteroatoms. The standard InChI is InChI=1S/C18H13ClN2O2/c1-22-17-8-4-6-14(9-13(10-20)11-21)18(17)23-12-15-5-2-3-7-16(15)19/h2-9H,12H2,1H3. The van der Waals surface area contributed by atoms with E-state index in [2.05, 4.69) is 0 Å². The highest BCUT2D eigenvalue weighted by Crippen LogP contribution is 2.33. The monoisotopic (exact) mass is 324 g/mol. The van der Waals surface area contributed by atoms with Gasteiger partial charge < -0.3 is 9.47 Å². The largest absolute Gasteiger partial charge is 0.493 e. The van der Waals surface area contributed by atoms with Gasteiger partial charge in [-0.3, -0.25) is 0 Å². The van der Waals surface area contributed by atoms with E-state index in [9.17, 15) is 0 Å². The molecule has 0 fully saturated rings. The molecule has 0 atom stereocenters. The van der Waals surface area contributed by atoms with Crippen molar-refractivity contribution < 1.29 is 9.47 Å². The molecule has 2 aromatic carbocycles. The second-order valence-electron chi connectivity index (χ2n) is 4.54. The number of benzene rings is 2. The molecule has 4 nitrogen and oxygen atoms in total. The van der Waals surface area contributed by atoms with Gasteiger partial charge in [0.15, 0.2) is 11.5 Å². The van der Waals surface area contributed by atoms with E-state index >= 15 is 0 Å². The number of nitrogens with zero attached hydrogens (tertiary/aromatic N) is 2. The predicted octanol–water partition coefficient (Wildman–Crippen LogP) is 4.36. The van der Waals surface area contributed by atoms with Gasteiger partial charge in [0.2, 0.25) is 0 Å². The molecule has 0 saturated heterocycles. The molecule has 0 aliphatic carbocycles. The van der Waals surface area contributed by atoms with Gasteiger partial charge in [0.1, 0.15) is 24.3 Å². The van der Waals surface area contributed by atoms with Gasteiger partial charge in [-0.2, -0.15) is 10.5 Å². The molecule has 0 amide bonds. The summed E-state index contributed by atoms with van der Waals surface area (Å²) in [6.45, 7) is 0.245. The molecular formula is C18H13ClN2O2. The lowest BCUT2D eigenvalue weighted by atomic mass is 10.1. The SMILES string of the molecule is COc1cccc(C=C(C#N)C#N)c1OCc1ccccc1Cl. The molecule has 0 aromatic heterocycles. The Kier molecular flexibility index (Phi) is 5.63. The molecule has 2 rings (SSSR count). The second-order valence-corrected chi connectivity index (χ2v) is 4.95. The summed E-state index contributed by atoms with van der Waals surface area (Å²) in [4.78, 5) is 0. The normalized spacial score (nSPS) is 9.39. The molecular weight excluding hydrogens is 312 g/mol. The number of ether oxygens (including phenoxy) is 2. The summed E-state index contributed by atoms with van der Waals surface area (Å²) in [5.74, 6) is 0.971. The van der Waals surface area contributed by atoms with E-state index in [0.29, 0.717) is 22.1 Å². The summed E-state index contributed by atoms with van der Waals surface area (Å²) >= 11 is 6.12. The Morgan fingerprint density at radius 3 is 2.52 bits per heavy atom. The fraction of sp³-hybridized carbons (Fsp3) is 0.111. The minimum atomic E-state index is -0.0131. The van der Waals surface area contributed by atoms with Crippen LogP contribution in [0, 0.1) is 22.7 Å². The Morgan fingerprint density at radius 1 is 1.13 bits per heavy atom. The van der Waals surface area contributed by atoms with Gasteiger partial charge in [-0.15, -0.1) is 0 Å². The first kappa shape index (κ1) is 16.4. The molecule has 114 valence electrons. The highest BCUT2D eigenvalue weighted by molar-refractivity contribution is 6.31. The first-order chi connectivity index (χ1) is 11.2. The zero-order chi connectivity index (χ0) is 16.7. The number of hydrogen-bond donors (Lipinski definition) is 0. The van der Waals surface area contributed by atoms with Gasteiger partial charge >= 0.3 is 0 Å². The number of nitriles is 2. The third kappa shape index (κ3) is 4.03. The summed E-state index contributed by atoms with van der Waals surface area (Å²) in [5, 5.41) is 18.4. The summed E-state index contributed by atoms with van der Waals surface area (Å²) in [6, 6.07) is 16.3. The van der Waals surface area contributed by atoms with Gasteiger partial charge in [-0.1, -0.05) is 41.9 Å². The third-order valence-corrected chi connectivity index (χ3v) is 3.47. The lowest BCUT2D eigenvalue weighted by Gasteiger charge is -2.14. The van der Waals surface area contributed by atoms with E-state index in [4.69, 9.17) is 31.6 Å². The third-order valence-electron chi connectivity index (χ3n) is 3.10. The van der Waals surface area contributed by atoms with Crippen molar-refractivity contribution in [1.29, 1.82) is 10.5 Å². The van der Waals surface area contributed by atoms with Crippen LogP contribution in [0.4, 0.5) is 0 Å². The van der Waals surface area contributed by atoms with Gasteiger partial charge in [-0.05, 0) is 18.2 Å². The quantitative estimate of drug-likeness (QED) is 0.766. The first-order valence-electron chi connectivity index (χ1n) is 6.74. The molecule has 0 N–H and O–H groups in total. The van der Waals surface area contributed by atoms with Crippen molar-refractivity contribution in [1.82, 2.24) is 0 Å². The number of rotatable bonds is 5. The van der Waals surface area contributed by atoms with E-state index in [0.717, 1.165) is 5.56 Å². The lowest BCUT2D eigenvalue weighted by Crippen LogP contribution is -2.00. The van der Waals surface area contributed by atoms with Crippen molar-refractivity contribution in [3.8, 4) is 23.6 Å². The maximum atomic E-state index is 8.92. The fourth-order valence-electron chi connectivity index (χ4n) is 1.97. The van der Waals surface area contributed by atoms with E-state index in [1.807, 2.05) is 30.3 Å². The average molecular weight is 325 g/mol. The smallest absolute Gasteiger partial charge is 0.168 e. The van der Waals surface area contributed by atoms with Crippen LogP contribution in [0.3, 0.4) is 0 Å². The molecule has 0 heterocycles. The molecule has 2 aromatic rings. The maximum absolute atomic E-state index is 8.92. The van der Waals surface area contributed by atoms with Crippen LogP contribution in [-0.4, -0.2) is 7.11 Å². The maximum Gasteiger partial charge on any atom is 0.168 e. The zero-order valence-corrected chi connectivity index (χ0v) is 13.2. The molecule has 0 unspecified atom stereocenters. The number of halogens is 1. The van der Waals surface area contributed by atoms with Crippen molar-refractivity contribution in [3.05, 3.63) is 64.2 Å². The zero-order valence-electron chi connectivity index (χ0n) is 12.4. The van der Waals surface area contributed by atoms with Crippen LogP contribution in [0.15, 0.2) is 48.0 Å². The van der Waals surface area contributed by atoms with Crippen LogP contribution >= 0.6 is 11.6 Å². The van der Waals surface area contributed by atoms with Crippen molar-refractivity contribution in [2.75, 3.05) is 7.11 Å². The van der Waals surface area contributed by atoms with Crippen LogP contribution in [0.25, 0.3) is 6.08 Å². The summed E-state index contributed by atoms with van der Waals surface area (Å²) in [7, 11) is 1.53. The van der Waals surface area contributed by atoms with Crippen LogP contribution in [-0.2, 0) is 6.61 Å². The first-order valence-corrected chi connectivity index (χ1v) is 7.12. The second kappa shape index (κ2) is 7.89. The van der Waals surface area contributed by atoms with E-state index in [1.165, 1.54) is 13.2 Å². The van der Waals surface area contributed by atoms with Crippen LogP contribution in [0.5, 0.6) is 11.5 Å². The number of methoxy groups -OCH3 is 1. The van der Waals surface area contributed by atoms with E-state index in [-0.39, 0.29) is 12.2 Å².